The van der Waals surface area contributed by atoms with Crippen LogP contribution in [-0.2, 0) is 16.8 Å². The Bertz CT molecular complexity index is 1010. The first kappa shape index (κ1) is 36.4. The van der Waals surface area contributed by atoms with E-state index >= 15 is 0 Å². The summed E-state index contributed by atoms with van der Waals surface area (Å²) in [7, 11) is -0.338. The Kier molecular flexibility index (Phi) is 17.9. The summed E-state index contributed by atoms with van der Waals surface area (Å²) in [5, 5.41) is 6.21. The molecule has 0 N–H and O–H groups in total. The van der Waals surface area contributed by atoms with E-state index in [1.54, 1.807) is 21.2 Å². The first-order valence-electron chi connectivity index (χ1n) is 14.7. The summed E-state index contributed by atoms with van der Waals surface area (Å²) >= 11 is 0. The number of hydrogen-bond donors (Lipinski definition) is 0. The maximum absolute atomic E-state index is 2.33. The van der Waals surface area contributed by atoms with E-state index in [0.29, 0.717) is 0 Å². The van der Waals surface area contributed by atoms with Gasteiger partial charge in [0.15, 0.2) is 0 Å². The van der Waals surface area contributed by atoms with Gasteiger partial charge in [-0.05, 0) is 74.1 Å². The van der Waals surface area contributed by atoms with E-state index < -0.39 is 0 Å². The maximum atomic E-state index is 2.33. The molecule has 1 radical (unpaired) electrons. The summed E-state index contributed by atoms with van der Waals surface area (Å²) in [5.41, 5.74) is 1.77. The minimum Gasteiger partial charge on any atom is -1.00 e. The average molecular weight is 755 g/mol. The Labute approximate surface area is 282 Å². The normalized spacial score (nSPS) is 15.5. The quantitative estimate of drug-likeness (QED) is 0.266. The molecule has 0 amide bonds. The Hall–Kier alpha value is -0.794. The molecule has 5 heteroatoms. The van der Waals surface area contributed by atoms with E-state index in [-0.39, 0.29) is 66.6 Å². The van der Waals surface area contributed by atoms with E-state index in [4.69, 9.17) is 0 Å². The van der Waals surface area contributed by atoms with Gasteiger partial charge in [0, 0.05) is 0 Å². The van der Waals surface area contributed by atoms with Crippen molar-refractivity contribution < 1.29 is 50.7 Å². The largest absolute Gasteiger partial charge is 2.00 e. The zero-order valence-electron chi connectivity index (χ0n) is 23.8. The van der Waals surface area contributed by atoms with Gasteiger partial charge in [-0.15, -0.1) is 0 Å². The Morgan fingerprint density at radius 1 is 0.341 bits per heavy atom. The molecule has 2 aliphatic rings. The summed E-state index contributed by atoms with van der Waals surface area (Å²) < 4.78 is 0. The molecule has 0 unspecified atom stereocenters. The minimum absolute atomic E-state index is 0. The Balaban J connectivity index is 0.000000267. The molecule has 0 nitrogen and oxygen atoms in total. The smallest absolute Gasteiger partial charge is 1.00 e. The van der Waals surface area contributed by atoms with E-state index in [1.807, 2.05) is 0 Å². The molecule has 4 aromatic carbocycles. The molecule has 41 heavy (non-hydrogen) atoms. The standard InChI is InChI=1S/2C18H21P.2BrH.Co/c2*1-4-10-16(11-5-1)19(17-12-6-2-7-13-17)18-14-8-3-9-15-18;;;/h2*1-2,4-7,10-13,18H,3,8-9,14-15H2;2*1H;/q;;;;+2/p-2. The molecular formula is C36H42Br2CoP2. The number of benzene rings is 4. The molecule has 6 rings (SSSR count). The molecule has 2 fully saturated rings. The first-order chi connectivity index (χ1) is 18.9. The molecule has 219 valence electrons. The van der Waals surface area contributed by atoms with Crippen molar-refractivity contribution in [3.05, 3.63) is 121 Å². The zero-order valence-corrected chi connectivity index (χ0v) is 29.8. The molecule has 0 spiro atoms. The predicted octanol–water partition coefficient (Wildman–Crippen LogP) is 2.91. The molecule has 4 aromatic rings. The number of hydrogen-bond acceptors (Lipinski definition) is 0. The van der Waals surface area contributed by atoms with Gasteiger partial charge in [-0.1, -0.05) is 160 Å². The van der Waals surface area contributed by atoms with Crippen LogP contribution in [-0.4, -0.2) is 11.3 Å². The summed E-state index contributed by atoms with van der Waals surface area (Å²) in [5.74, 6) is 0. The van der Waals surface area contributed by atoms with Crippen LogP contribution < -0.4 is 55.2 Å². The van der Waals surface area contributed by atoms with Gasteiger partial charge < -0.3 is 34.0 Å². The monoisotopic (exact) mass is 753 g/mol. The van der Waals surface area contributed by atoms with Crippen molar-refractivity contribution >= 4 is 37.1 Å². The molecule has 2 saturated carbocycles. The van der Waals surface area contributed by atoms with Crippen molar-refractivity contribution in [1.82, 2.24) is 0 Å². The summed E-state index contributed by atoms with van der Waals surface area (Å²) in [4.78, 5) is 0. The van der Waals surface area contributed by atoms with Crippen LogP contribution in [0.25, 0.3) is 0 Å². The van der Waals surface area contributed by atoms with Crippen molar-refractivity contribution in [1.29, 1.82) is 0 Å². The van der Waals surface area contributed by atoms with Crippen LogP contribution in [0.2, 0.25) is 0 Å². The van der Waals surface area contributed by atoms with Crippen LogP contribution in [0, 0.1) is 0 Å². The van der Waals surface area contributed by atoms with E-state index in [0.717, 1.165) is 11.3 Å². The fraction of sp³-hybridized carbons (Fsp3) is 0.333. The third kappa shape index (κ3) is 10.7. The van der Waals surface area contributed by atoms with Crippen molar-refractivity contribution in [2.45, 2.75) is 75.5 Å². The minimum atomic E-state index is -0.169. The van der Waals surface area contributed by atoms with Crippen LogP contribution in [0.4, 0.5) is 0 Å². The molecule has 0 aromatic heterocycles. The third-order valence-electron chi connectivity index (χ3n) is 8.02. The maximum Gasteiger partial charge on any atom is 2.00 e. The first-order valence-corrected chi connectivity index (χ1v) is 17.5. The zero-order chi connectivity index (χ0) is 25.8. The second-order valence-electron chi connectivity index (χ2n) is 10.7. The van der Waals surface area contributed by atoms with Crippen LogP contribution in [0.5, 0.6) is 0 Å². The third-order valence-corrected chi connectivity index (χ3v) is 13.9. The van der Waals surface area contributed by atoms with Crippen molar-refractivity contribution in [2.75, 3.05) is 0 Å². The topological polar surface area (TPSA) is 0 Å². The molecule has 2 aliphatic carbocycles. The molecular weight excluding hydrogens is 713 g/mol. The van der Waals surface area contributed by atoms with E-state index in [9.17, 15) is 0 Å². The van der Waals surface area contributed by atoms with Crippen LogP contribution in [0.1, 0.15) is 64.2 Å². The number of halogens is 2. The Morgan fingerprint density at radius 2 is 0.561 bits per heavy atom. The predicted molar refractivity (Wildman–Crippen MR) is 172 cm³/mol. The van der Waals surface area contributed by atoms with Gasteiger partial charge >= 0.3 is 16.8 Å². The second-order valence-corrected chi connectivity index (χ2v) is 15.7. The van der Waals surface area contributed by atoms with Crippen LogP contribution >= 0.6 is 15.8 Å². The summed E-state index contributed by atoms with van der Waals surface area (Å²) in [6, 6.07) is 44.7. The fourth-order valence-corrected chi connectivity index (χ4v) is 12.2. The molecule has 0 saturated heterocycles. The van der Waals surface area contributed by atoms with Crippen molar-refractivity contribution in [2.24, 2.45) is 0 Å². The van der Waals surface area contributed by atoms with Crippen molar-refractivity contribution in [3.63, 3.8) is 0 Å². The molecule has 0 bridgehead atoms. The van der Waals surface area contributed by atoms with Gasteiger partial charge in [0.1, 0.15) is 0 Å². The molecule has 0 aliphatic heterocycles. The molecule has 0 atom stereocenters. The summed E-state index contributed by atoms with van der Waals surface area (Å²) in [6.07, 6.45) is 14.2. The van der Waals surface area contributed by atoms with Crippen molar-refractivity contribution in [3.8, 4) is 0 Å². The summed E-state index contributed by atoms with van der Waals surface area (Å²) in [6.45, 7) is 0. The van der Waals surface area contributed by atoms with E-state index in [1.165, 1.54) is 64.2 Å². The van der Waals surface area contributed by atoms with Gasteiger partial charge in [-0.3, -0.25) is 0 Å². The van der Waals surface area contributed by atoms with Crippen LogP contribution in [0.3, 0.4) is 0 Å². The SMILES string of the molecule is [Br-].[Br-].[Co+2].c1ccc(P(c2ccccc2)C2CCCCC2)cc1.c1ccc(P(c2ccccc2)C2CCCCC2)cc1. The fourth-order valence-electron chi connectivity index (χ4n) is 6.17. The van der Waals surface area contributed by atoms with Gasteiger partial charge in [-0.2, -0.15) is 0 Å². The molecule has 0 heterocycles. The van der Waals surface area contributed by atoms with E-state index in [2.05, 4.69) is 121 Å². The number of rotatable bonds is 6. The van der Waals surface area contributed by atoms with Gasteiger partial charge in [0.25, 0.3) is 0 Å². The average Bonchev–Trinajstić information content (AvgIpc) is 3.01. The Morgan fingerprint density at radius 3 is 0.780 bits per heavy atom. The van der Waals surface area contributed by atoms with Gasteiger partial charge in [0.05, 0.1) is 0 Å². The van der Waals surface area contributed by atoms with Gasteiger partial charge in [0.2, 0.25) is 0 Å². The van der Waals surface area contributed by atoms with Crippen LogP contribution in [0.15, 0.2) is 121 Å². The second kappa shape index (κ2) is 20.2. The van der Waals surface area contributed by atoms with Gasteiger partial charge in [-0.25, -0.2) is 0 Å².